The van der Waals surface area contributed by atoms with Gasteiger partial charge in [0.15, 0.2) is 17.5 Å². The fourth-order valence-corrected chi connectivity index (χ4v) is 4.32. The largest absolute Gasteiger partial charge is 0.485 e. The predicted molar refractivity (Wildman–Crippen MR) is 137 cm³/mol. The molecule has 2 aliphatic rings. The van der Waals surface area contributed by atoms with Gasteiger partial charge in [0.25, 0.3) is 11.1 Å². The first-order valence-electron chi connectivity index (χ1n) is 12.8. The molecule has 0 amide bonds. The molecule has 5 rings (SSSR count). The number of pyridine rings is 3. The Hall–Kier alpha value is -3.94. The molecule has 3 aromatic heterocycles. The van der Waals surface area contributed by atoms with E-state index >= 15 is 4.39 Å². The lowest BCUT2D eigenvalue weighted by atomic mass is 10.00. The van der Waals surface area contributed by atoms with Crippen molar-refractivity contribution in [2.24, 2.45) is 4.99 Å². The van der Waals surface area contributed by atoms with Crippen LogP contribution in [0.3, 0.4) is 0 Å². The van der Waals surface area contributed by atoms with Gasteiger partial charge in [-0.25, -0.2) is 17.7 Å². The molecule has 1 atom stereocenters. The minimum Gasteiger partial charge on any atom is -0.485 e. The second-order valence-corrected chi connectivity index (χ2v) is 9.59. The zero-order chi connectivity index (χ0) is 30.6. The zero-order valence-corrected chi connectivity index (χ0v) is 21.7. The average Bonchev–Trinajstić information content (AvgIpc) is 2.88. The second kappa shape index (κ2) is 10.6. The SMILES string of the molecule is [2H]C([2H])(Oc1cc2n(c(=O)c1Cl)C1=C(F)C(n3cccc(C(C)(C)O)c3=O)=NC[C@@H]1OCCO2)c1ncc(F)cc1F. The smallest absolute Gasteiger partial charge is 0.280 e. The van der Waals surface area contributed by atoms with Crippen molar-refractivity contribution >= 4 is 23.1 Å². The van der Waals surface area contributed by atoms with Crippen LogP contribution in [0.25, 0.3) is 5.70 Å². The highest BCUT2D eigenvalue weighted by Gasteiger charge is 2.35. The van der Waals surface area contributed by atoms with Gasteiger partial charge in [0, 0.05) is 23.9 Å². The second-order valence-electron chi connectivity index (χ2n) is 9.22. The summed E-state index contributed by atoms with van der Waals surface area (Å²) in [7, 11) is 0. The van der Waals surface area contributed by atoms with Gasteiger partial charge in [-0.2, -0.15) is 0 Å². The van der Waals surface area contributed by atoms with Gasteiger partial charge in [0.2, 0.25) is 5.88 Å². The van der Waals surface area contributed by atoms with E-state index in [-0.39, 0.29) is 31.2 Å². The molecule has 3 aromatic rings. The van der Waals surface area contributed by atoms with E-state index in [1.165, 1.54) is 32.2 Å². The van der Waals surface area contributed by atoms with E-state index in [9.17, 15) is 23.5 Å². The maximum atomic E-state index is 16.3. The van der Waals surface area contributed by atoms with Gasteiger partial charge in [-0.3, -0.25) is 24.1 Å². The first kappa shape index (κ1) is 25.1. The number of halogens is 4. The molecule has 5 heterocycles. The van der Waals surface area contributed by atoms with E-state index in [4.69, 9.17) is 28.6 Å². The lowest BCUT2D eigenvalue weighted by Gasteiger charge is -2.30. The molecule has 0 aliphatic carbocycles. The molecule has 0 spiro atoms. The fourth-order valence-electron chi connectivity index (χ4n) is 4.15. The number of fused-ring (bicyclic) bond motifs is 3. The summed E-state index contributed by atoms with van der Waals surface area (Å²) in [6, 6.07) is 4.21. The van der Waals surface area contributed by atoms with Crippen LogP contribution in [-0.4, -0.2) is 50.9 Å². The Kier molecular flexibility index (Phi) is 6.61. The third kappa shape index (κ3) is 5.03. The van der Waals surface area contributed by atoms with Gasteiger partial charge in [0.05, 0.1) is 33.4 Å². The maximum absolute atomic E-state index is 16.3. The van der Waals surface area contributed by atoms with E-state index in [1.54, 1.807) is 0 Å². The van der Waals surface area contributed by atoms with Crippen LogP contribution in [0.15, 0.2) is 57.1 Å². The van der Waals surface area contributed by atoms with Gasteiger partial charge in [0.1, 0.15) is 41.6 Å². The standard InChI is InChI=1S/C26H22ClF3N4O6/c1-26(2,37)14-4-3-5-33(24(14)35)23-21(30)22-18(11-32-23)38-6-7-39-19-9-17(20(27)25(36)34(19)22)40-12-16-15(29)8-13(28)10-31-16/h3-5,8-10,18,37H,6-7,11-12H2,1-2H3/t18-/m0/s1/i12D2. The van der Waals surface area contributed by atoms with Crippen LogP contribution >= 0.6 is 11.6 Å². The molecule has 10 nitrogen and oxygen atoms in total. The number of rotatable bonds is 4. The molecule has 2 aliphatic heterocycles. The lowest BCUT2D eigenvalue weighted by molar-refractivity contribution is 0.0552. The summed E-state index contributed by atoms with van der Waals surface area (Å²) in [6.45, 7) is -0.654. The van der Waals surface area contributed by atoms with Crippen molar-refractivity contribution in [2.45, 2.75) is 32.1 Å². The van der Waals surface area contributed by atoms with Crippen LogP contribution in [-0.2, 0) is 16.9 Å². The molecule has 0 saturated carbocycles. The number of nitrogens with zero attached hydrogens (tertiary/aromatic N) is 4. The summed E-state index contributed by atoms with van der Waals surface area (Å²) in [5, 5.41) is 9.65. The highest BCUT2D eigenvalue weighted by atomic mass is 35.5. The predicted octanol–water partition coefficient (Wildman–Crippen LogP) is 3.02. The van der Waals surface area contributed by atoms with Crippen LogP contribution in [0.2, 0.25) is 5.02 Å². The maximum Gasteiger partial charge on any atom is 0.280 e. The highest BCUT2D eigenvalue weighted by Crippen LogP contribution is 2.34. The summed E-state index contributed by atoms with van der Waals surface area (Å²) in [5.74, 6) is -4.92. The van der Waals surface area contributed by atoms with Crippen molar-refractivity contribution in [2.75, 3.05) is 19.8 Å². The van der Waals surface area contributed by atoms with Crippen LogP contribution in [0, 0.1) is 11.6 Å². The minimum atomic E-state index is -3.03. The van der Waals surface area contributed by atoms with Gasteiger partial charge in [-0.15, -0.1) is 0 Å². The number of hydrogen-bond acceptors (Lipinski definition) is 8. The van der Waals surface area contributed by atoms with Gasteiger partial charge < -0.3 is 19.3 Å². The van der Waals surface area contributed by atoms with Crippen LogP contribution in [0.1, 0.15) is 27.8 Å². The normalized spacial score (nSPS) is 18.4. The Labute approximate surface area is 232 Å². The first-order valence-corrected chi connectivity index (χ1v) is 12.2. The third-order valence-electron chi connectivity index (χ3n) is 6.01. The molecule has 0 bridgehead atoms. The quantitative estimate of drug-likeness (QED) is 0.504. The van der Waals surface area contributed by atoms with Gasteiger partial charge in [-0.1, -0.05) is 11.6 Å². The van der Waals surface area contributed by atoms with E-state index in [0.717, 1.165) is 15.2 Å². The van der Waals surface area contributed by atoms with Crippen LogP contribution < -0.4 is 20.6 Å². The zero-order valence-electron chi connectivity index (χ0n) is 23.0. The Bertz CT molecular complexity index is 1770. The molecule has 40 heavy (non-hydrogen) atoms. The van der Waals surface area contributed by atoms with Crippen LogP contribution in [0.5, 0.6) is 11.6 Å². The summed E-state index contributed by atoms with van der Waals surface area (Å²) in [4.78, 5) is 34.2. The number of ether oxygens (including phenoxy) is 3. The molecule has 14 heteroatoms. The average molecular weight is 581 g/mol. The molecule has 0 saturated heterocycles. The van der Waals surface area contributed by atoms with Crippen molar-refractivity contribution in [3.05, 3.63) is 91.1 Å². The summed E-state index contributed by atoms with van der Waals surface area (Å²) < 4.78 is 78.2. The van der Waals surface area contributed by atoms with Gasteiger partial charge >= 0.3 is 0 Å². The van der Waals surface area contributed by atoms with E-state index in [2.05, 4.69) is 9.98 Å². The monoisotopic (exact) mass is 580 g/mol. The molecule has 210 valence electrons. The topological polar surface area (TPSA) is 117 Å². The number of dihydropyridines is 1. The van der Waals surface area contributed by atoms with Crippen molar-refractivity contribution < 1.29 is 35.2 Å². The van der Waals surface area contributed by atoms with E-state index < -0.39 is 74.8 Å². The van der Waals surface area contributed by atoms with Crippen molar-refractivity contribution in [1.29, 1.82) is 0 Å². The molecular formula is C26H22ClF3N4O6. The number of hydrogen-bond donors (Lipinski definition) is 1. The summed E-state index contributed by atoms with van der Waals surface area (Å²) in [5.41, 5.74) is -4.77. The highest BCUT2D eigenvalue weighted by molar-refractivity contribution is 6.32. The number of allylic oxidation sites excluding steroid dienone is 1. The Morgan fingerprint density at radius 2 is 2.02 bits per heavy atom. The number of aliphatic hydroxyl groups is 1. The van der Waals surface area contributed by atoms with Crippen molar-refractivity contribution in [3.8, 4) is 11.6 Å². The number of aromatic nitrogens is 3. The Balaban J connectivity index is 1.64. The first-order chi connectivity index (χ1) is 19.7. The summed E-state index contributed by atoms with van der Waals surface area (Å²) >= 11 is 6.26. The molecule has 0 fully saturated rings. The molecule has 0 radical (unpaired) electrons. The minimum absolute atomic E-state index is 0.0337. The van der Waals surface area contributed by atoms with Crippen molar-refractivity contribution in [1.82, 2.24) is 14.1 Å². The molecule has 0 aromatic carbocycles. The van der Waals surface area contributed by atoms with E-state index in [1.807, 2.05) is 0 Å². The Morgan fingerprint density at radius 1 is 1.25 bits per heavy atom. The van der Waals surface area contributed by atoms with Crippen LogP contribution in [0.4, 0.5) is 13.2 Å². The van der Waals surface area contributed by atoms with Crippen molar-refractivity contribution in [3.63, 3.8) is 0 Å². The third-order valence-corrected chi connectivity index (χ3v) is 6.36. The lowest BCUT2D eigenvalue weighted by Crippen LogP contribution is -2.41. The van der Waals surface area contributed by atoms with Gasteiger partial charge in [-0.05, 0) is 26.0 Å². The fraction of sp³-hybridized carbons (Fsp3) is 0.308. The molecular weight excluding hydrogens is 557 g/mol. The molecule has 0 unspecified atom stereocenters. The molecule has 1 N–H and O–H groups in total. The Morgan fingerprint density at radius 3 is 2.75 bits per heavy atom. The number of aliphatic imine (C=N–C) groups is 1. The summed E-state index contributed by atoms with van der Waals surface area (Å²) in [6.07, 6.45) is 0.712. The van der Waals surface area contributed by atoms with E-state index in [0.29, 0.717) is 12.3 Å².